The zero-order valence-electron chi connectivity index (χ0n) is 14.6. The minimum atomic E-state index is -0.657. The Kier molecular flexibility index (Phi) is 5.38. The van der Waals surface area contributed by atoms with Crippen LogP contribution in [0.25, 0.3) is 10.7 Å². The first kappa shape index (κ1) is 18.8. The van der Waals surface area contributed by atoms with E-state index in [-0.39, 0.29) is 11.5 Å². The predicted octanol–water partition coefficient (Wildman–Crippen LogP) is 2.98. The van der Waals surface area contributed by atoms with Crippen molar-refractivity contribution in [1.29, 1.82) is 0 Å². The van der Waals surface area contributed by atoms with Gasteiger partial charge in [-0.15, -0.1) is 11.3 Å². The zero-order chi connectivity index (χ0) is 19.6. The Labute approximate surface area is 164 Å². The third kappa shape index (κ3) is 3.76. The van der Waals surface area contributed by atoms with Gasteiger partial charge in [-0.05, 0) is 48.8 Å². The lowest BCUT2D eigenvalue weighted by atomic mass is 10.1. The molecule has 0 saturated heterocycles. The van der Waals surface area contributed by atoms with Crippen LogP contribution in [0.1, 0.15) is 23.3 Å². The molecule has 1 atom stereocenters. The van der Waals surface area contributed by atoms with Gasteiger partial charge in [0.1, 0.15) is 11.8 Å². The minimum absolute atomic E-state index is 0.262. The number of hydrogen-bond acceptors (Lipinski definition) is 6. The smallest absolute Gasteiger partial charge is 0.248 e. The number of hydrogen-bond donors (Lipinski definition) is 3. The molecule has 3 aromatic rings. The first-order chi connectivity index (χ1) is 12.9. The summed E-state index contributed by atoms with van der Waals surface area (Å²) in [5.41, 5.74) is 5.92. The third-order valence-corrected chi connectivity index (χ3v) is 5.11. The molecule has 4 N–H and O–H groups in total. The Morgan fingerprint density at radius 3 is 2.81 bits per heavy atom. The second-order valence-corrected chi connectivity index (χ2v) is 6.98. The van der Waals surface area contributed by atoms with Crippen molar-refractivity contribution in [3.8, 4) is 16.5 Å². The highest BCUT2D eigenvalue weighted by Gasteiger charge is 2.22. The van der Waals surface area contributed by atoms with Gasteiger partial charge in [0.05, 0.1) is 17.7 Å². The van der Waals surface area contributed by atoms with Crippen LogP contribution in [0.4, 0.5) is 5.69 Å². The molecule has 0 aliphatic rings. The van der Waals surface area contributed by atoms with Crippen LogP contribution in [0.5, 0.6) is 5.75 Å². The van der Waals surface area contributed by atoms with E-state index in [1.54, 1.807) is 17.6 Å². The van der Waals surface area contributed by atoms with Gasteiger partial charge in [-0.2, -0.15) is 5.10 Å². The van der Waals surface area contributed by atoms with Crippen LogP contribution in [0.2, 0.25) is 0 Å². The number of nitrogens with one attached hydrogen (secondary N) is 2. The molecular formula is C17H17N5O3S2. The molecule has 3 rings (SSSR count). The van der Waals surface area contributed by atoms with Gasteiger partial charge in [-0.3, -0.25) is 19.3 Å². The molecule has 27 heavy (non-hydrogen) atoms. The highest BCUT2D eigenvalue weighted by molar-refractivity contribution is 7.71. The summed E-state index contributed by atoms with van der Waals surface area (Å²) in [6.07, 6.45) is 0. The number of rotatable bonds is 6. The molecule has 0 fully saturated rings. The maximum absolute atomic E-state index is 12.8. The fourth-order valence-corrected chi connectivity index (χ4v) is 3.56. The summed E-state index contributed by atoms with van der Waals surface area (Å²) >= 11 is 6.79. The number of carbonyl (C=O) groups is 2. The number of anilines is 1. The largest absolute Gasteiger partial charge is 0.495 e. The van der Waals surface area contributed by atoms with Crippen molar-refractivity contribution in [1.82, 2.24) is 14.8 Å². The van der Waals surface area contributed by atoms with E-state index < -0.39 is 11.9 Å². The van der Waals surface area contributed by atoms with Crippen LogP contribution >= 0.6 is 23.6 Å². The maximum Gasteiger partial charge on any atom is 0.248 e. The van der Waals surface area contributed by atoms with E-state index in [0.29, 0.717) is 22.0 Å². The molecule has 0 aliphatic carbocycles. The minimum Gasteiger partial charge on any atom is -0.495 e. The van der Waals surface area contributed by atoms with Crippen LogP contribution in [0.15, 0.2) is 35.7 Å². The Balaban J connectivity index is 1.92. The van der Waals surface area contributed by atoms with Gasteiger partial charge < -0.3 is 15.8 Å². The van der Waals surface area contributed by atoms with E-state index >= 15 is 0 Å². The van der Waals surface area contributed by atoms with Gasteiger partial charge in [0.25, 0.3) is 0 Å². The van der Waals surface area contributed by atoms with E-state index in [9.17, 15) is 9.59 Å². The number of primary amides is 1. The number of ether oxygens (including phenoxy) is 1. The number of benzene rings is 1. The average Bonchev–Trinajstić information content (AvgIpc) is 3.30. The molecule has 2 amide bonds. The van der Waals surface area contributed by atoms with Crippen molar-refractivity contribution >= 4 is 41.1 Å². The summed E-state index contributed by atoms with van der Waals surface area (Å²) in [7, 11) is 1.47. The van der Waals surface area contributed by atoms with E-state index in [0.717, 1.165) is 4.88 Å². The van der Waals surface area contributed by atoms with Gasteiger partial charge in [-0.25, -0.2) is 0 Å². The molecule has 10 heteroatoms. The molecule has 8 nitrogen and oxygen atoms in total. The lowest BCUT2D eigenvalue weighted by Crippen LogP contribution is -2.25. The number of methoxy groups -OCH3 is 1. The monoisotopic (exact) mass is 403 g/mol. The van der Waals surface area contributed by atoms with Gasteiger partial charge >= 0.3 is 0 Å². The van der Waals surface area contributed by atoms with Gasteiger partial charge in [0.15, 0.2) is 10.6 Å². The SMILES string of the molecule is COc1ccc(C(N)=O)cc1NC(=O)C(C)n1c(-c2cccs2)n[nH]c1=S. The molecule has 1 aromatic carbocycles. The first-order valence-electron chi connectivity index (χ1n) is 7.92. The lowest BCUT2D eigenvalue weighted by molar-refractivity contribution is -0.118. The molecule has 0 radical (unpaired) electrons. The summed E-state index contributed by atoms with van der Waals surface area (Å²) in [5, 5.41) is 11.6. The number of thiophene rings is 1. The Hall–Kier alpha value is -2.98. The van der Waals surface area contributed by atoms with Crippen LogP contribution < -0.4 is 15.8 Å². The summed E-state index contributed by atoms with van der Waals surface area (Å²) < 4.78 is 7.22. The Bertz CT molecular complexity index is 1040. The molecule has 2 aromatic heterocycles. The van der Waals surface area contributed by atoms with E-state index in [2.05, 4.69) is 15.5 Å². The molecule has 1 unspecified atom stereocenters. The van der Waals surface area contributed by atoms with Crippen LogP contribution in [0, 0.1) is 4.77 Å². The van der Waals surface area contributed by atoms with Crippen LogP contribution in [-0.4, -0.2) is 33.7 Å². The van der Waals surface area contributed by atoms with Crippen molar-refractivity contribution in [3.63, 3.8) is 0 Å². The highest BCUT2D eigenvalue weighted by atomic mass is 32.1. The number of nitrogens with two attached hydrogens (primary N) is 1. The molecule has 140 valence electrons. The Morgan fingerprint density at radius 2 is 2.19 bits per heavy atom. The van der Waals surface area contributed by atoms with E-state index in [4.69, 9.17) is 22.7 Å². The van der Waals surface area contributed by atoms with Crippen molar-refractivity contribution in [2.24, 2.45) is 5.73 Å². The number of carbonyl (C=O) groups excluding carboxylic acids is 2. The van der Waals surface area contributed by atoms with Crippen LogP contribution in [-0.2, 0) is 4.79 Å². The van der Waals surface area contributed by atoms with Crippen molar-refractivity contribution in [2.75, 3.05) is 12.4 Å². The third-order valence-electron chi connectivity index (χ3n) is 3.95. The van der Waals surface area contributed by atoms with E-state index in [1.165, 1.54) is 30.6 Å². The normalized spacial score (nSPS) is 11.8. The molecular weight excluding hydrogens is 386 g/mol. The molecule has 0 bridgehead atoms. The van der Waals surface area contributed by atoms with Gasteiger partial charge in [0, 0.05) is 5.56 Å². The standard InChI is InChI=1S/C17H17N5O3S2/c1-9(22-15(20-21-17(22)26)13-4-3-7-27-13)16(24)19-11-8-10(14(18)23)5-6-12(11)25-2/h3-9H,1-2H3,(H2,18,23)(H,19,24)(H,21,26). The molecule has 0 spiro atoms. The van der Waals surface area contributed by atoms with Crippen molar-refractivity contribution < 1.29 is 14.3 Å². The molecule has 0 aliphatic heterocycles. The average molecular weight is 403 g/mol. The lowest BCUT2D eigenvalue weighted by Gasteiger charge is -2.17. The maximum atomic E-state index is 12.8. The fourth-order valence-electron chi connectivity index (χ4n) is 2.56. The van der Waals surface area contributed by atoms with Gasteiger partial charge in [-0.1, -0.05) is 6.07 Å². The van der Waals surface area contributed by atoms with Crippen molar-refractivity contribution in [3.05, 3.63) is 46.0 Å². The first-order valence-corrected chi connectivity index (χ1v) is 9.20. The summed E-state index contributed by atoms with van der Waals surface area (Å²) in [5.74, 6) is 0.0498. The zero-order valence-corrected chi connectivity index (χ0v) is 16.2. The van der Waals surface area contributed by atoms with E-state index in [1.807, 2.05) is 17.5 Å². The quantitative estimate of drug-likeness (QED) is 0.547. The Morgan fingerprint density at radius 1 is 1.41 bits per heavy atom. The number of H-pyrrole nitrogens is 1. The number of nitrogens with zero attached hydrogens (tertiary/aromatic N) is 2. The van der Waals surface area contributed by atoms with Gasteiger partial charge in [0.2, 0.25) is 11.8 Å². The fraction of sp³-hybridized carbons (Fsp3) is 0.176. The van der Waals surface area contributed by atoms with Crippen LogP contribution in [0.3, 0.4) is 0 Å². The second-order valence-electron chi connectivity index (χ2n) is 5.64. The van der Waals surface area contributed by atoms with Crippen molar-refractivity contribution in [2.45, 2.75) is 13.0 Å². The summed E-state index contributed by atoms with van der Waals surface area (Å²) in [6, 6.07) is 7.71. The number of amides is 2. The summed E-state index contributed by atoms with van der Waals surface area (Å²) in [6.45, 7) is 1.71. The highest BCUT2D eigenvalue weighted by Crippen LogP contribution is 2.28. The number of aromatic nitrogens is 3. The second kappa shape index (κ2) is 7.72. The summed E-state index contributed by atoms with van der Waals surface area (Å²) in [4.78, 5) is 25.1. The molecule has 0 saturated carbocycles. The molecule has 2 heterocycles. The number of aromatic amines is 1. The topological polar surface area (TPSA) is 115 Å². The predicted molar refractivity (Wildman–Crippen MR) is 106 cm³/mol.